The maximum absolute atomic E-state index is 6.04. The van der Waals surface area contributed by atoms with Gasteiger partial charge in [0.2, 0.25) is 0 Å². The Morgan fingerprint density at radius 3 is 0.641 bits per heavy atom. The van der Waals surface area contributed by atoms with Crippen LogP contribution in [0.2, 0.25) is 12.1 Å². The smallest absolute Gasteiger partial charge is 0.337 e. The maximum atomic E-state index is 6.04. The number of hydrogen-bond donors (Lipinski definition) is 0. The molecule has 0 radical (unpaired) electrons. The average Bonchev–Trinajstić information content (AvgIpc) is 2.96. The highest BCUT2D eigenvalue weighted by atomic mass is 28.4. The monoisotopic (exact) mass is 569 g/mol. The Bertz CT molecular complexity index is 438. The van der Waals surface area contributed by atoms with Crippen LogP contribution < -0.4 is 0 Å². The molecule has 0 fully saturated rings. The highest BCUT2D eigenvalue weighted by molar-refractivity contribution is 6.67. The minimum Gasteiger partial charge on any atom is -0.398 e. The second kappa shape index (κ2) is 32.6. The summed E-state index contributed by atoms with van der Waals surface area (Å²) in [4.78, 5) is 0. The van der Waals surface area contributed by atoms with Gasteiger partial charge in [0.15, 0.2) is 0 Å². The highest BCUT2D eigenvalue weighted by Gasteiger charge is 2.33. The van der Waals surface area contributed by atoms with Crippen molar-refractivity contribution < 1.29 is 8.85 Å². The van der Waals surface area contributed by atoms with Crippen molar-refractivity contribution in [2.75, 3.05) is 14.2 Å². The normalized spacial score (nSPS) is 12.0. The molecule has 0 aliphatic carbocycles. The third-order valence-electron chi connectivity index (χ3n) is 9.07. The van der Waals surface area contributed by atoms with Crippen LogP contribution in [0.25, 0.3) is 0 Å². The Morgan fingerprint density at radius 2 is 0.462 bits per heavy atom. The molecule has 0 aromatic rings. The van der Waals surface area contributed by atoms with Crippen molar-refractivity contribution in [3.8, 4) is 0 Å². The fraction of sp³-hybridized carbons (Fsp3) is 1.00. The molecular weight excluding hydrogens is 492 g/mol. The summed E-state index contributed by atoms with van der Waals surface area (Å²) in [6, 6.07) is 2.38. The Labute approximate surface area is 249 Å². The van der Waals surface area contributed by atoms with Crippen LogP contribution in [0.15, 0.2) is 0 Å². The van der Waals surface area contributed by atoms with Crippen molar-refractivity contribution in [3.63, 3.8) is 0 Å². The Hall–Kier alpha value is 0.137. The van der Waals surface area contributed by atoms with E-state index >= 15 is 0 Å². The first kappa shape index (κ1) is 39.1. The van der Waals surface area contributed by atoms with E-state index in [0.29, 0.717) is 0 Å². The SMILES string of the molecule is CCCCCCCCCCCCCCCCCCCC[Si](CCCCCCCCCCCCCC)(OC)OC. The molecular formula is C36H76O2Si. The van der Waals surface area contributed by atoms with Crippen molar-refractivity contribution in [3.05, 3.63) is 0 Å². The van der Waals surface area contributed by atoms with Crippen LogP contribution in [0, 0.1) is 0 Å². The van der Waals surface area contributed by atoms with Gasteiger partial charge in [0.25, 0.3) is 0 Å². The minimum atomic E-state index is -1.95. The lowest BCUT2D eigenvalue weighted by Gasteiger charge is -2.27. The molecule has 0 atom stereocenters. The third-order valence-corrected chi connectivity index (χ3v) is 12.8. The van der Waals surface area contributed by atoms with Gasteiger partial charge < -0.3 is 8.85 Å². The van der Waals surface area contributed by atoms with Crippen molar-refractivity contribution in [2.45, 2.75) is 219 Å². The second-order valence-corrected chi connectivity index (χ2v) is 16.4. The topological polar surface area (TPSA) is 18.5 Å². The zero-order valence-electron chi connectivity index (χ0n) is 27.9. The zero-order chi connectivity index (χ0) is 28.5. The number of unbranched alkanes of at least 4 members (excludes halogenated alkanes) is 28. The fourth-order valence-corrected chi connectivity index (χ4v) is 8.96. The fourth-order valence-electron chi connectivity index (χ4n) is 6.15. The summed E-state index contributed by atoms with van der Waals surface area (Å²) in [5.41, 5.74) is 0. The van der Waals surface area contributed by atoms with E-state index in [1.54, 1.807) is 0 Å². The van der Waals surface area contributed by atoms with Gasteiger partial charge in [-0.05, 0) is 12.1 Å². The van der Waals surface area contributed by atoms with Crippen LogP contribution in [0.4, 0.5) is 0 Å². The van der Waals surface area contributed by atoms with Crippen LogP contribution in [-0.2, 0) is 8.85 Å². The van der Waals surface area contributed by atoms with Crippen molar-refractivity contribution in [1.29, 1.82) is 0 Å². The van der Waals surface area contributed by atoms with Gasteiger partial charge in [-0.2, -0.15) is 0 Å². The van der Waals surface area contributed by atoms with Crippen LogP contribution in [0.3, 0.4) is 0 Å². The molecule has 0 aliphatic rings. The molecule has 0 aliphatic heterocycles. The minimum absolute atomic E-state index is 1.19. The maximum Gasteiger partial charge on any atom is 0.337 e. The lowest BCUT2D eigenvalue weighted by atomic mass is 10.0. The molecule has 0 rings (SSSR count). The van der Waals surface area contributed by atoms with Gasteiger partial charge in [-0.1, -0.05) is 206 Å². The lowest BCUT2D eigenvalue weighted by Crippen LogP contribution is -2.39. The largest absolute Gasteiger partial charge is 0.398 e. The first-order valence-electron chi connectivity index (χ1n) is 18.3. The molecule has 0 saturated heterocycles. The molecule has 0 saturated carbocycles. The van der Waals surface area contributed by atoms with E-state index in [-0.39, 0.29) is 0 Å². The van der Waals surface area contributed by atoms with E-state index in [2.05, 4.69) is 13.8 Å². The number of rotatable bonds is 34. The predicted molar refractivity (Wildman–Crippen MR) is 179 cm³/mol. The molecule has 0 N–H and O–H groups in total. The van der Waals surface area contributed by atoms with Crippen LogP contribution in [0.5, 0.6) is 0 Å². The van der Waals surface area contributed by atoms with E-state index < -0.39 is 8.56 Å². The summed E-state index contributed by atoms with van der Waals surface area (Å²) in [6.07, 6.45) is 42.8. The Morgan fingerprint density at radius 1 is 0.282 bits per heavy atom. The first-order chi connectivity index (χ1) is 19.2. The van der Waals surface area contributed by atoms with Crippen molar-refractivity contribution in [1.82, 2.24) is 0 Å². The van der Waals surface area contributed by atoms with Gasteiger partial charge in [0.1, 0.15) is 0 Å². The molecule has 39 heavy (non-hydrogen) atoms. The van der Waals surface area contributed by atoms with Gasteiger partial charge in [-0.25, -0.2) is 0 Å². The molecule has 0 bridgehead atoms. The van der Waals surface area contributed by atoms with E-state index in [1.165, 1.54) is 205 Å². The Balaban J connectivity index is 3.50. The van der Waals surface area contributed by atoms with E-state index in [4.69, 9.17) is 8.85 Å². The number of hydrogen-bond acceptors (Lipinski definition) is 2. The molecule has 0 unspecified atom stereocenters. The van der Waals surface area contributed by atoms with E-state index in [0.717, 1.165) is 0 Å². The first-order valence-corrected chi connectivity index (χ1v) is 20.6. The van der Waals surface area contributed by atoms with Gasteiger partial charge in [-0.3, -0.25) is 0 Å². The summed E-state index contributed by atoms with van der Waals surface area (Å²) in [5, 5.41) is 0. The van der Waals surface area contributed by atoms with Gasteiger partial charge in [-0.15, -0.1) is 0 Å². The molecule has 0 aromatic heterocycles. The third kappa shape index (κ3) is 28.0. The van der Waals surface area contributed by atoms with E-state index in [1.807, 2.05) is 14.2 Å². The molecule has 0 aromatic carbocycles. The van der Waals surface area contributed by atoms with Crippen LogP contribution in [-0.4, -0.2) is 22.8 Å². The summed E-state index contributed by atoms with van der Waals surface area (Å²) in [7, 11) is 1.86. The van der Waals surface area contributed by atoms with Crippen LogP contribution >= 0.6 is 0 Å². The highest BCUT2D eigenvalue weighted by Crippen LogP contribution is 2.25. The van der Waals surface area contributed by atoms with Gasteiger partial charge in [0, 0.05) is 14.2 Å². The molecule has 3 heteroatoms. The standard InChI is InChI=1S/C36H76O2Si/c1-5-7-9-11-13-15-17-19-20-21-22-23-24-26-28-30-32-34-36-39(37-3,38-4)35-33-31-29-27-25-18-16-14-12-10-8-6-2/h5-36H2,1-4H3. The van der Waals surface area contributed by atoms with Gasteiger partial charge in [0.05, 0.1) is 0 Å². The molecule has 0 heterocycles. The summed E-state index contributed by atoms with van der Waals surface area (Å²) >= 11 is 0. The summed E-state index contributed by atoms with van der Waals surface area (Å²) < 4.78 is 12.1. The molecule has 2 nitrogen and oxygen atoms in total. The summed E-state index contributed by atoms with van der Waals surface area (Å²) in [5.74, 6) is 0. The van der Waals surface area contributed by atoms with E-state index in [9.17, 15) is 0 Å². The molecule has 236 valence electrons. The molecule has 0 spiro atoms. The second-order valence-electron chi connectivity index (χ2n) is 12.7. The van der Waals surface area contributed by atoms with Crippen molar-refractivity contribution >= 4 is 8.56 Å². The van der Waals surface area contributed by atoms with Crippen LogP contribution in [0.1, 0.15) is 206 Å². The predicted octanol–water partition coefficient (Wildman–Crippen LogP) is 13.5. The Kier molecular flexibility index (Phi) is 32.8. The average molecular weight is 569 g/mol. The lowest BCUT2D eigenvalue weighted by molar-refractivity contribution is 0.238. The summed E-state index contributed by atoms with van der Waals surface area (Å²) in [6.45, 7) is 4.60. The molecule has 0 amide bonds. The van der Waals surface area contributed by atoms with Gasteiger partial charge >= 0.3 is 8.56 Å². The van der Waals surface area contributed by atoms with Crippen molar-refractivity contribution in [2.24, 2.45) is 0 Å². The zero-order valence-corrected chi connectivity index (χ0v) is 28.9. The quantitative estimate of drug-likeness (QED) is 0.0567.